The molecule has 3 aromatic rings. The maximum Gasteiger partial charge on any atom is 0.272 e. The van der Waals surface area contributed by atoms with Crippen LogP contribution in [-0.4, -0.2) is 62.6 Å². The van der Waals surface area contributed by atoms with E-state index in [2.05, 4.69) is 41.3 Å². The summed E-state index contributed by atoms with van der Waals surface area (Å²) in [6.07, 6.45) is 6.72. The first-order valence-corrected chi connectivity index (χ1v) is 11.1. The predicted molar refractivity (Wildman–Crippen MR) is 123 cm³/mol. The van der Waals surface area contributed by atoms with Crippen LogP contribution in [0.1, 0.15) is 29.4 Å². The van der Waals surface area contributed by atoms with Crippen molar-refractivity contribution in [2.75, 3.05) is 26.2 Å². The van der Waals surface area contributed by atoms with Crippen molar-refractivity contribution in [3.05, 3.63) is 72.3 Å². The van der Waals surface area contributed by atoms with Crippen molar-refractivity contribution in [1.29, 1.82) is 0 Å². The minimum absolute atomic E-state index is 0.0759. The lowest BCUT2D eigenvalue weighted by Gasteiger charge is -2.24. The molecular formula is C25H29N5O2. The van der Waals surface area contributed by atoms with Gasteiger partial charge in [-0.3, -0.25) is 19.3 Å². The second-order valence-corrected chi connectivity index (χ2v) is 8.26. The van der Waals surface area contributed by atoms with E-state index in [9.17, 15) is 9.59 Å². The molecule has 1 aliphatic heterocycles. The van der Waals surface area contributed by atoms with E-state index in [4.69, 9.17) is 0 Å². The number of amides is 2. The lowest BCUT2D eigenvalue weighted by atomic mass is 9.95. The van der Waals surface area contributed by atoms with E-state index < -0.39 is 0 Å². The number of hydrogen-bond donors (Lipinski definition) is 0. The summed E-state index contributed by atoms with van der Waals surface area (Å²) < 4.78 is 1.59. The standard InChI is InChI=1S/C25H29N5O2/c1-3-13-29-14-15-30(25(32)23-10-12-27-28(23)2)18-22(24(29)31)16-19-6-8-20(9-7-19)21-5-4-11-26-17-21/h4-12,17,22H,3,13-16,18H2,1-2H3/t22-/m1/s1. The monoisotopic (exact) mass is 431 g/mol. The summed E-state index contributed by atoms with van der Waals surface area (Å²) in [5.41, 5.74) is 3.78. The molecule has 1 aliphatic rings. The van der Waals surface area contributed by atoms with Crippen LogP contribution in [0.3, 0.4) is 0 Å². The first-order chi connectivity index (χ1) is 15.6. The van der Waals surface area contributed by atoms with Crippen molar-refractivity contribution in [3.63, 3.8) is 0 Å². The average Bonchev–Trinajstić information content (AvgIpc) is 3.19. The zero-order chi connectivity index (χ0) is 22.5. The quantitative estimate of drug-likeness (QED) is 0.602. The molecule has 1 fully saturated rings. The molecule has 0 aliphatic carbocycles. The molecule has 7 nitrogen and oxygen atoms in total. The van der Waals surface area contributed by atoms with E-state index >= 15 is 0 Å². The number of carbonyl (C=O) groups excluding carboxylic acids is 2. The van der Waals surface area contributed by atoms with Crippen LogP contribution in [-0.2, 0) is 18.3 Å². The lowest BCUT2D eigenvalue weighted by Crippen LogP contribution is -2.38. The number of aromatic nitrogens is 3. The van der Waals surface area contributed by atoms with Crippen molar-refractivity contribution in [1.82, 2.24) is 24.6 Å². The second-order valence-electron chi connectivity index (χ2n) is 8.26. The maximum atomic E-state index is 13.3. The molecule has 2 amide bonds. The van der Waals surface area contributed by atoms with Crippen LogP contribution in [0.5, 0.6) is 0 Å². The summed E-state index contributed by atoms with van der Waals surface area (Å²) in [6.45, 7) is 4.29. The molecule has 1 saturated heterocycles. The zero-order valence-electron chi connectivity index (χ0n) is 18.6. The highest BCUT2D eigenvalue weighted by molar-refractivity contribution is 5.93. The van der Waals surface area contributed by atoms with E-state index in [1.54, 1.807) is 35.1 Å². The van der Waals surface area contributed by atoms with E-state index in [-0.39, 0.29) is 17.7 Å². The Morgan fingerprint density at radius 1 is 1.06 bits per heavy atom. The summed E-state index contributed by atoms with van der Waals surface area (Å²) in [7, 11) is 1.76. The molecule has 0 unspecified atom stereocenters. The van der Waals surface area contributed by atoms with Crippen LogP contribution in [0, 0.1) is 5.92 Å². The van der Waals surface area contributed by atoms with Crippen LogP contribution >= 0.6 is 0 Å². The smallest absolute Gasteiger partial charge is 0.272 e. The van der Waals surface area contributed by atoms with E-state index in [0.717, 1.165) is 23.1 Å². The molecule has 0 N–H and O–H groups in total. The summed E-state index contributed by atoms with van der Waals surface area (Å²) >= 11 is 0. The number of pyridine rings is 1. The van der Waals surface area contributed by atoms with Crippen molar-refractivity contribution < 1.29 is 9.59 Å². The normalized spacial score (nSPS) is 16.8. The van der Waals surface area contributed by atoms with Gasteiger partial charge < -0.3 is 9.80 Å². The molecule has 0 saturated carbocycles. The highest BCUT2D eigenvalue weighted by Crippen LogP contribution is 2.22. The van der Waals surface area contributed by atoms with Gasteiger partial charge in [-0.05, 0) is 41.7 Å². The van der Waals surface area contributed by atoms with Gasteiger partial charge in [-0.25, -0.2) is 0 Å². The van der Waals surface area contributed by atoms with E-state index in [0.29, 0.717) is 38.3 Å². The molecule has 1 aromatic carbocycles. The van der Waals surface area contributed by atoms with Crippen LogP contribution in [0.4, 0.5) is 0 Å². The van der Waals surface area contributed by atoms with Crippen LogP contribution in [0.25, 0.3) is 11.1 Å². The third kappa shape index (κ3) is 4.72. The molecule has 0 radical (unpaired) electrons. The molecule has 4 rings (SSSR count). The van der Waals surface area contributed by atoms with Gasteiger partial charge >= 0.3 is 0 Å². The van der Waals surface area contributed by atoms with Gasteiger partial charge in [0, 0.05) is 51.8 Å². The summed E-state index contributed by atoms with van der Waals surface area (Å²) in [4.78, 5) is 34.3. The minimum Gasteiger partial charge on any atom is -0.341 e. The molecule has 0 spiro atoms. The molecule has 0 bridgehead atoms. The summed E-state index contributed by atoms with van der Waals surface area (Å²) in [5, 5.41) is 4.12. The highest BCUT2D eigenvalue weighted by atomic mass is 16.2. The van der Waals surface area contributed by atoms with Gasteiger partial charge in [-0.15, -0.1) is 0 Å². The number of nitrogens with zero attached hydrogens (tertiary/aromatic N) is 5. The number of carbonyl (C=O) groups is 2. The fraction of sp³-hybridized carbons (Fsp3) is 0.360. The topological polar surface area (TPSA) is 71.3 Å². The third-order valence-electron chi connectivity index (χ3n) is 5.99. The molecule has 32 heavy (non-hydrogen) atoms. The Morgan fingerprint density at radius 2 is 1.88 bits per heavy atom. The average molecular weight is 432 g/mol. The van der Waals surface area contributed by atoms with Gasteiger partial charge in [0.15, 0.2) is 0 Å². The summed E-state index contributed by atoms with van der Waals surface area (Å²) in [6, 6.07) is 13.9. The Kier molecular flexibility index (Phi) is 6.63. The fourth-order valence-corrected chi connectivity index (χ4v) is 4.27. The summed E-state index contributed by atoms with van der Waals surface area (Å²) in [5.74, 6) is -0.220. The Hall–Kier alpha value is -3.48. The van der Waals surface area contributed by atoms with Crippen molar-refractivity contribution in [3.8, 4) is 11.1 Å². The third-order valence-corrected chi connectivity index (χ3v) is 5.99. The Morgan fingerprint density at radius 3 is 2.53 bits per heavy atom. The SMILES string of the molecule is CCCN1CCN(C(=O)c2ccnn2C)C[C@@H](Cc2ccc(-c3cccnc3)cc2)C1=O. The van der Waals surface area contributed by atoms with Crippen molar-refractivity contribution in [2.45, 2.75) is 19.8 Å². The van der Waals surface area contributed by atoms with Crippen LogP contribution < -0.4 is 0 Å². The number of rotatable bonds is 6. The van der Waals surface area contributed by atoms with Gasteiger partial charge in [0.1, 0.15) is 5.69 Å². The minimum atomic E-state index is -0.273. The Balaban J connectivity index is 1.54. The fourth-order valence-electron chi connectivity index (χ4n) is 4.27. The van der Waals surface area contributed by atoms with Crippen LogP contribution in [0.15, 0.2) is 61.1 Å². The molecule has 1 atom stereocenters. The van der Waals surface area contributed by atoms with E-state index in [1.165, 1.54) is 0 Å². The van der Waals surface area contributed by atoms with Crippen molar-refractivity contribution >= 4 is 11.8 Å². The number of aryl methyl sites for hydroxylation is 1. The van der Waals surface area contributed by atoms with Gasteiger partial charge in [-0.1, -0.05) is 37.3 Å². The first kappa shape index (κ1) is 21.7. The van der Waals surface area contributed by atoms with Crippen molar-refractivity contribution in [2.24, 2.45) is 13.0 Å². The van der Waals surface area contributed by atoms with Gasteiger partial charge in [0.05, 0.1) is 5.92 Å². The number of benzene rings is 1. The zero-order valence-corrected chi connectivity index (χ0v) is 18.6. The Bertz CT molecular complexity index is 1060. The predicted octanol–water partition coefficient (Wildman–Crippen LogP) is 3.04. The second kappa shape index (κ2) is 9.77. The molecule has 7 heteroatoms. The molecule has 166 valence electrons. The van der Waals surface area contributed by atoms with Crippen LogP contribution in [0.2, 0.25) is 0 Å². The first-order valence-electron chi connectivity index (χ1n) is 11.1. The highest BCUT2D eigenvalue weighted by Gasteiger charge is 2.33. The molecule has 3 heterocycles. The van der Waals surface area contributed by atoms with Gasteiger partial charge in [0.2, 0.25) is 5.91 Å². The molecular weight excluding hydrogens is 402 g/mol. The molecule has 2 aromatic heterocycles. The maximum absolute atomic E-state index is 13.3. The number of hydrogen-bond acceptors (Lipinski definition) is 4. The van der Waals surface area contributed by atoms with Gasteiger partial charge in [-0.2, -0.15) is 5.10 Å². The Labute approximate surface area is 188 Å². The van der Waals surface area contributed by atoms with Gasteiger partial charge in [0.25, 0.3) is 5.91 Å². The van der Waals surface area contributed by atoms with E-state index in [1.807, 2.05) is 23.2 Å². The lowest BCUT2D eigenvalue weighted by molar-refractivity contribution is -0.134. The largest absolute Gasteiger partial charge is 0.341 e.